The van der Waals surface area contributed by atoms with Crippen LogP contribution in [0.1, 0.15) is 82.6 Å². The van der Waals surface area contributed by atoms with Gasteiger partial charge in [-0.15, -0.1) is 0 Å². The second-order valence-corrected chi connectivity index (χ2v) is 14.2. The van der Waals surface area contributed by atoms with Crippen LogP contribution in [0, 0.1) is 45.3 Å². The van der Waals surface area contributed by atoms with Gasteiger partial charge in [0.1, 0.15) is 0 Å². The number of hydrogen-bond acceptors (Lipinski definition) is 3. The number of carbonyl (C=O) groups is 2. The van der Waals surface area contributed by atoms with Gasteiger partial charge in [0, 0.05) is 13.6 Å². The molecule has 1 amide bonds. The second-order valence-electron chi connectivity index (χ2n) is 14.2. The summed E-state index contributed by atoms with van der Waals surface area (Å²) in [4.78, 5) is 29.5. The minimum absolute atomic E-state index is 0.0640. The molecule has 8 saturated carbocycles. The molecule has 0 saturated heterocycles. The van der Waals surface area contributed by atoms with E-state index < -0.39 is 0 Å². The summed E-state index contributed by atoms with van der Waals surface area (Å²) >= 11 is 0. The first-order chi connectivity index (χ1) is 16.8. The van der Waals surface area contributed by atoms with Crippen LogP contribution in [0.3, 0.4) is 0 Å². The summed E-state index contributed by atoms with van der Waals surface area (Å²) in [5.41, 5.74) is 1.27. The lowest BCUT2D eigenvalue weighted by molar-refractivity contribution is -0.241. The number of nitrogens with zero attached hydrogens (tertiary/aromatic N) is 1. The Morgan fingerprint density at radius 2 is 1.29 bits per heavy atom. The highest BCUT2D eigenvalue weighted by Gasteiger charge is 2.72. The van der Waals surface area contributed by atoms with E-state index >= 15 is 0 Å². The van der Waals surface area contributed by atoms with Gasteiger partial charge in [-0.25, -0.2) is 0 Å². The molecule has 8 bridgehead atoms. The molecule has 0 aliphatic heterocycles. The van der Waals surface area contributed by atoms with Gasteiger partial charge in [0.15, 0.2) is 0 Å². The zero-order valence-electron chi connectivity index (χ0n) is 21.6. The number of rotatable bonds is 5. The zero-order valence-corrected chi connectivity index (χ0v) is 21.6. The number of esters is 1. The Labute approximate surface area is 210 Å². The zero-order chi connectivity index (χ0) is 24.1. The van der Waals surface area contributed by atoms with Crippen LogP contribution in [0.2, 0.25) is 0 Å². The van der Waals surface area contributed by atoms with Gasteiger partial charge in [-0.05, 0) is 117 Å². The van der Waals surface area contributed by atoms with E-state index in [9.17, 15) is 9.59 Å². The lowest BCUT2D eigenvalue weighted by Crippen LogP contribution is -2.67. The van der Waals surface area contributed by atoms with E-state index in [1.54, 1.807) is 7.11 Å². The van der Waals surface area contributed by atoms with Crippen LogP contribution in [0.4, 0.5) is 0 Å². The molecule has 4 nitrogen and oxygen atoms in total. The standard InChI is InChI=1S/C31H41NO3/c1-32(18-21-6-4-3-5-7-21)26(33)28-10-22-8-23(11-28)15-30(14-22,19-28)31-16-24-9-25(17-31)13-29(12-24,20-31)27(34)35-2/h3-7,22-25H,8-20H2,1-2H3. The third-order valence-corrected chi connectivity index (χ3v) is 11.9. The highest BCUT2D eigenvalue weighted by molar-refractivity contribution is 5.83. The van der Waals surface area contributed by atoms with E-state index in [0.717, 1.165) is 38.5 Å². The fourth-order valence-corrected chi connectivity index (χ4v) is 11.8. The second kappa shape index (κ2) is 7.35. The van der Waals surface area contributed by atoms with Gasteiger partial charge in [0.2, 0.25) is 5.91 Å². The molecule has 0 N–H and O–H groups in total. The van der Waals surface area contributed by atoms with Crippen molar-refractivity contribution in [2.24, 2.45) is 45.3 Å². The molecule has 1 aromatic carbocycles. The minimum atomic E-state index is -0.247. The Morgan fingerprint density at radius 1 is 0.800 bits per heavy atom. The maximum absolute atomic E-state index is 14.2. The van der Waals surface area contributed by atoms with Gasteiger partial charge in [0.05, 0.1) is 17.9 Å². The van der Waals surface area contributed by atoms with Gasteiger partial charge in [-0.2, -0.15) is 0 Å². The Kier molecular flexibility index (Phi) is 4.70. The lowest BCUT2D eigenvalue weighted by Gasteiger charge is -2.73. The number of hydrogen-bond donors (Lipinski definition) is 0. The molecule has 8 aliphatic carbocycles. The van der Waals surface area contributed by atoms with Crippen LogP contribution in [0.25, 0.3) is 0 Å². The van der Waals surface area contributed by atoms with Crippen molar-refractivity contribution in [3.63, 3.8) is 0 Å². The topological polar surface area (TPSA) is 46.6 Å². The fourth-order valence-electron chi connectivity index (χ4n) is 11.8. The van der Waals surface area contributed by atoms with Gasteiger partial charge in [-0.3, -0.25) is 9.59 Å². The molecule has 9 rings (SSSR count). The van der Waals surface area contributed by atoms with E-state index in [1.807, 2.05) is 18.0 Å². The summed E-state index contributed by atoms with van der Waals surface area (Å²) in [7, 11) is 3.62. The molecule has 0 radical (unpaired) electrons. The molecule has 8 aliphatic rings. The predicted molar refractivity (Wildman–Crippen MR) is 134 cm³/mol. The largest absolute Gasteiger partial charge is 0.469 e. The summed E-state index contributed by atoms with van der Waals surface area (Å²) in [6, 6.07) is 10.4. The molecule has 1 aromatic rings. The lowest BCUT2D eigenvalue weighted by atomic mass is 9.31. The normalized spacial score (nSPS) is 46.6. The first-order valence-electron chi connectivity index (χ1n) is 14.2. The maximum Gasteiger partial charge on any atom is 0.311 e. The molecule has 4 heteroatoms. The number of carbonyl (C=O) groups excluding carboxylic acids is 2. The van der Waals surface area contributed by atoms with Crippen LogP contribution in [-0.2, 0) is 20.9 Å². The van der Waals surface area contributed by atoms with Crippen LogP contribution < -0.4 is 0 Å². The molecule has 188 valence electrons. The Balaban J connectivity index is 1.23. The van der Waals surface area contributed by atoms with E-state index in [4.69, 9.17) is 4.74 Å². The van der Waals surface area contributed by atoms with Crippen molar-refractivity contribution in [3.8, 4) is 0 Å². The number of benzene rings is 1. The van der Waals surface area contributed by atoms with Crippen molar-refractivity contribution in [1.29, 1.82) is 0 Å². The van der Waals surface area contributed by atoms with E-state index in [0.29, 0.717) is 36.1 Å². The predicted octanol–water partition coefficient (Wildman–Crippen LogP) is 5.99. The number of amides is 1. The Bertz CT molecular complexity index is 1020. The average Bonchev–Trinajstić information content (AvgIpc) is 2.82. The van der Waals surface area contributed by atoms with Crippen molar-refractivity contribution < 1.29 is 14.3 Å². The summed E-state index contributed by atoms with van der Waals surface area (Å²) in [5, 5.41) is 0. The molecular formula is C31H41NO3. The molecule has 35 heavy (non-hydrogen) atoms. The van der Waals surface area contributed by atoms with Gasteiger partial charge >= 0.3 is 5.97 Å². The van der Waals surface area contributed by atoms with Crippen molar-refractivity contribution >= 4 is 11.9 Å². The van der Waals surface area contributed by atoms with Gasteiger partial charge in [0.25, 0.3) is 0 Å². The van der Waals surface area contributed by atoms with E-state index in [1.165, 1.54) is 44.1 Å². The van der Waals surface area contributed by atoms with Crippen LogP contribution >= 0.6 is 0 Å². The quantitative estimate of drug-likeness (QED) is 0.491. The highest BCUT2D eigenvalue weighted by atomic mass is 16.5. The summed E-state index contributed by atoms with van der Waals surface area (Å²) < 4.78 is 5.45. The molecule has 8 fully saturated rings. The third-order valence-electron chi connectivity index (χ3n) is 11.9. The summed E-state index contributed by atoms with van der Waals surface area (Å²) in [6.45, 7) is 0.699. The van der Waals surface area contributed by atoms with Crippen molar-refractivity contribution in [3.05, 3.63) is 35.9 Å². The van der Waals surface area contributed by atoms with Crippen molar-refractivity contribution in [2.75, 3.05) is 14.2 Å². The third kappa shape index (κ3) is 3.10. The van der Waals surface area contributed by atoms with Crippen LogP contribution in [0.5, 0.6) is 0 Å². The number of ether oxygens (including phenoxy) is 1. The Hall–Kier alpha value is -1.84. The molecule has 4 atom stereocenters. The average molecular weight is 476 g/mol. The van der Waals surface area contributed by atoms with E-state index in [2.05, 4.69) is 24.3 Å². The fraction of sp³-hybridized carbons (Fsp3) is 0.742. The Morgan fingerprint density at radius 3 is 1.80 bits per heavy atom. The van der Waals surface area contributed by atoms with Crippen molar-refractivity contribution in [2.45, 2.75) is 83.6 Å². The molecule has 0 aromatic heterocycles. The van der Waals surface area contributed by atoms with E-state index in [-0.39, 0.29) is 27.6 Å². The van der Waals surface area contributed by atoms with Crippen molar-refractivity contribution in [1.82, 2.24) is 4.90 Å². The SMILES string of the molecule is COC(=O)C12CC3CC(C1)CC(C14CC5CC(CC(C(=O)N(C)Cc6ccccc6)(C5)C1)C4)(C3)C2. The maximum atomic E-state index is 14.2. The number of methoxy groups -OCH3 is 1. The molecule has 4 unspecified atom stereocenters. The molecular weight excluding hydrogens is 434 g/mol. The first-order valence-corrected chi connectivity index (χ1v) is 14.2. The minimum Gasteiger partial charge on any atom is -0.469 e. The first kappa shape index (κ1) is 22.4. The highest BCUT2D eigenvalue weighted by Crippen LogP contribution is 2.78. The monoisotopic (exact) mass is 475 g/mol. The van der Waals surface area contributed by atoms with Gasteiger partial charge in [-0.1, -0.05) is 30.3 Å². The van der Waals surface area contributed by atoms with Crippen LogP contribution in [-0.4, -0.2) is 30.9 Å². The van der Waals surface area contributed by atoms with Gasteiger partial charge < -0.3 is 9.64 Å². The molecule has 0 heterocycles. The van der Waals surface area contributed by atoms with Crippen LogP contribution in [0.15, 0.2) is 30.3 Å². The smallest absolute Gasteiger partial charge is 0.311 e. The summed E-state index contributed by atoms with van der Waals surface area (Å²) in [5.74, 6) is 3.19. The summed E-state index contributed by atoms with van der Waals surface area (Å²) in [6.07, 6.45) is 14.2. The molecule has 0 spiro atoms.